The average molecular weight is 230 g/mol. The van der Waals surface area contributed by atoms with Crippen LogP contribution in [0.3, 0.4) is 0 Å². The number of hydrogen-bond donors (Lipinski definition) is 2. The third-order valence-electron chi connectivity index (χ3n) is 2.23. The van der Waals surface area contributed by atoms with Gasteiger partial charge in [0.2, 0.25) is 5.78 Å². The zero-order valence-corrected chi connectivity index (χ0v) is 8.37. The van der Waals surface area contributed by atoms with Gasteiger partial charge in [-0.25, -0.2) is 4.79 Å². The maximum absolute atomic E-state index is 11.3. The monoisotopic (exact) mass is 230 g/mol. The Bertz CT molecular complexity index is 372. The molecule has 2 N–H and O–H groups in total. The Kier molecular flexibility index (Phi) is 2.56. The van der Waals surface area contributed by atoms with Gasteiger partial charge in [0.05, 0.1) is 6.61 Å². The molecule has 0 amide bonds. The molecule has 3 atom stereocenters. The van der Waals surface area contributed by atoms with E-state index < -0.39 is 36.9 Å². The SMILES string of the molecule is CC(=O)C1OC2=C(O1)[C@@H]([C@@H](O)CO)OC2=O. The summed E-state index contributed by atoms with van der Waals surface area (Å²) in [5, 5.41) is 18.1. The molecule has 0 saturated carbocycles. The molecule has 0 aliphatic carbocycles. The molecule has 0 bridgehead atoms. The van der Waals surface area contributed by atoms with E-state index in [4.69, 9.17) is 19.3 Å². The van der Waals surface area contributed by atoms with E-state index in [1.807, 2.05) is 0 Å². The predicted molar refractivity (Wildman–Crippen MR) is 46.6 cm³/mol. The molecule has 0 aromatic rings. The molecule has 0 saturated heterocycles. The van der Waals surface area contributed by atoms with E-state index in [2.05, 4.69) is 0 Å². The Hall–Kier alpha value is -1.60. The lowest BCUT2D eigenvalue weighted by atomic mass is 10.2. The van der Waals surface area contributed by atoms with Gasteiger partial charge in [0.15, 0.2) is 11.9 Å². The number of hydrogen-bond acceptors (Lipinski definition) is 7. The number of ketones is 1. The second-order valence-electron chi connectivity index (χ2n) is 3.45. The zero-order chi connectivity index (χ0) is 11.9. The van der Waals surface area contributed by atoms with Crippen LogP contribution in [0.2, 0.25) is 0 Å². The smallest absolute Gasteiger partial charge is 0.378 e. The standard InChI is InChI=1S/C9H10O7/c1-3(11)9-15-6-5(4(12)2-10)14-8(13)7(6)16-9/h4-5,9-10,12H,2H2,1H3/t4-,5+,9?/m0/s1. The Morgan fingerprint density at radius 2 is 2.12 bits per heavy atom. The molecule has 88 valence electrons. The van der Waals surface area contributed by atoms with Gasteiger partial charge in [-0.1, -0.05) is 0 Å². The van der Waals surface area contributed by atoms with Crippen molar-refractivity contribution in [1.29, 1.82) is 0 Å². The van der Waals surface area contributed by atoms with Gasteiger partial charge in [-0.2, -0.15) is 0 Å². The van der Waals surface area contributed by atoms with E-state index in [9.17, 15) is 14.7 Å². The molecule has 0 aromatic heterocycles. The molecule has 0 spiro atoms. The molecule has 0 radical (unpaired) electrons. The number of ether oxygens (including phenoxy) is 3. The minimum Gasteiger partial charge on any atom is -0.445 e. The van der Waals surface area contributed by atoms with Gasteiger partial charge in [0.1, 0.15) is 6.10 Å². The van der Waals surface area contributed by atoms with Crippen molar-refractivity contribution < 1.29 is 34.0 Å². The van der Waals surface area contributed by atoms with E-state index in [0.717, 1.165) is 0 Å². The first kappa shape index (κ1) is 10.9. The topological polar surface area (TPSA) is 102 Å². The van der Waals surface area contributed by atoms with Crippen molar-refractivity contribution in [2.24, 2.45) is 0 Å². The average Bonchev–Trinajstić information content (AvgIpc) is 2.78. The second-order valence-corrected chi connectivity index (χ2v) is 3.45. The van der Waals surface area contributed by atoms with Crippen molar-refractivity contribution in [1.82, 2.24) is 0 Å². The molecular weight excluding hydrogens is 220 g/mol. The highest BCUT2D eigenvalue weighted by atomic mass is 16.7. The lowest BCUT2D eigenvalue weighted by molar-refractivity contribution is -0.164. The minimum atomic E-state index is -1.30. The first-order valence-electron chi connectivity index (χ1n) is 4.62. The molecule has 2 rings (SSSR count). The molecule has 1 unspecified atom stereocenters. The maximum Gasteiger partial charge on any atom is 0.378 e. The summed E-state index contributed by atoms with van der Waals surface area (Å²) in [6.07, 6.45) is -3.59. The highest BCUT2D eigenvalue weighted by Crippen LogP contribution is 2.34. The van der Waals surface area contributed by atoms with Crippen LogP contribution >= 0.6 is 0 Å². The summed E-state index contributed by atoms with van der Waals surface area (Å²) in [5.74, 6) is -1.46. The third-order valence-corrected chi connectivity index (χ3v) is 2.23. The van der Waals surface area contributed by atoms with Crippen LogP contribution in [0.1, 0.15) is 6.92 Å². The van der Waals surface area contributed by atoms with Crippen molar-refractivity contribution in [3.8, 4) is 0 Å². The fraction of sp³-hybridized carbons (Fsp3) is 0.556. The highest BCUT2D eigenvalue weighted by molar-refractivity contribution is 5.91. The fourth-order valence-corrected chi connectivity index (χ4v) is 1.44. The van der Waals surface area contributed by atoms with Crippen LogP contribution in [0.4, 0.5) is 0 Å². The highest BCUT2D eigenvalue weighted by Gasteiger charge is 2.48. The molecule has 7 nitrogen and oxygen atoms in total. The van der Waals surface area contributed by atoms with Gasteiger partial charge in [-0.3, -0.25) is 4.79 Å². The summed E-state index contributed by atoms with van der Waals surface area (Å²) >= 11 is 0. The van der Waals surface area contributed by atoms with E-state index in [1.165, 1.54) is 6.92 Å². The van der Waals surface area contributed by atoms with E-state index >= 15 is 0 Å². The predicted octanol–water partition coefficient (Wildman–Crippen LogP) is -1.56. The lowest BCUT2D eigenvalue weighted by Crippen LogP contribution is -2.34. The number of aliphatic hydroxyl groups excluding tert-OH is 2. The van der Waals surface area contributed by atoms with Gasteiger partial charge >= 0.3 is 12.3 Å². The van der Waals surface area contributed by atoms with Crippen molar-refractivity contribution in [2.75, 3.05) is 6.61 Å². The first-order chi connectivity index (χ1) is 7.54. The molecule has 0 fully saturated rings. The van der Waals surface area contributed by atoms with Crippen LogP contribution < -0.4 is 0 Å². The quantitative estimate of drug-likeness (QED) is 0.565. The van der Waals surface area contributed by atoms with Gasteiger partial charge in [-0.05, 0) is 0 Å². The summed E-state index contributed by atoms with van der Waals surface area (Å²) in [7, 11) is 0. The maximum atomic E-state index is 11.3. The van der Waals surface area contributed by atoms with Crippen molar-refractivity contribution in [3.05, 3.63) is 11.5 Å². The number of cyclic esters (lactones) is 1. The minimum absolute atomic E-state index is 0.0354. The number of carbonyl (C=O) groups excluding carboxylic acids is 2. The number of rotatable bonds is 3. The van der Waals surface area contributed by atoms with Gasteiger partial charge in [0.25, 0.3) is 5.76 Å². The number of esters is 1. The Labute approximate surface area is 90.2 Å². The van der Waals surface area contributed by atoms with Gasteiger partial charge < -0.3 is 24.4 Å². The Morgan fingerprint density at radius 3 is 2.69 bits per heavy atom. The molecule has 7 heteroatoms. The number of aliphatic hydroxyl groups is 2. The zero-order valence-electron chi connectivity index (χ0n) is 8.37. The Morgan fingerprint density at radius 1 is 1.44 bits per heavy atom. The molecule has 16 heavy (non-hydrogen) atoms. The van der Waals surface area contributed by atoms with Crippen LogP contribution in [-0.4, -0.2) is 47.1 Å². The van der Waals surface area contributed by atoms with Crippen LogP contribution in [-0.2, 0) is 23.8 Å². The normalized spacial score (nSPS) is 29.3. The van der Waals surface area contributed by atoms with Crippen LogP contribution in [0.25, 0.3) is 0 Å². The largest absolute Gasteiger partial charge is 0.445 e. The molecule has 2 aliphatic rings. The van der Waals surface area contributed by atoms with Gasteiger partial charge in [-0.15, -0.1) is 0 Å². The van der Waals surface area contributed by atoms with Crippen LogP contribution in [0.5, 0.6) is 0 Å². The van der Waals surface area contributed by atoms with E-state index in [0.29, 0.717) is 0 Å². The second kappa shape index (κ2) is 3.76. The summed E-state index contributed by atoms with van der Waals surface area (Å²) < 4.78 is 14.7. The fourth-order valence-electron chi connectivity index (χ4n) is 1.44. The van der Waals surface area contributed by atoms with Crippen molar-refractivity contribution in [2.45, 2.75) is 25.4 Å². The summed E-state index contributed by atoms with van der Waals surface area (Å²) in [6, 6.07) is 0. The van der Waals surface area contributed by atoms with Gasteiger partial charge in [0, 0.05) is 6.92 Å². The molecular formula is C9H10O7. The number of Topliss-reactive ketones (excluding diaryl/α,β-unsaturated/α-hetero) is 1. The molecule has 0 aromatic carbocycles. The lowest BCUT2D eigenvalue weighted by Gasteiger charge is -2.19. The summed E-state index contributed by atoms with van der Waals surface area (Å²) in [5.41, 5.74) is 0. The first-order valence-corrected chi connectivity index (χ1v) is 4.62. The molecule has 2 aliphatic heterocycles. The van der Waals surface area contributed by atoms with E-state index in [-0.39, 0.29) is 11.5 Å². The van der Waals surface area contributed by atoms with Crippen molar-refractivity contribution in [3.63, 3.8) is 0 Å². The third kappa shape index (κ3) is 1.54. The van der Waals surface area contributed by atoms with Crippen molar-refractivity contribution >= 4 is 11.8 Å². The van der Waals surface area contributed by atoms with Crippen LogP contribution in [0.15, 0.2) is 11.5 Å². The van der Waals surface area contributed by atoms with E-state index in [1.54, 1.807) is 0 Å². The summed E-state index contributed by atoms with van der Waals surface area (Å²) in [6.45, 7) is 0.651. The van der Waals surface area contributed by atoms with Crippen LogP contribution in [0, 0.1) is 0 Å². The molecule has 2 heterocycles. The summed E-state index contributed by atoms with van der Waals surface area (Å²) in [4.78, 5) is 22.3. The number of carbonyl (C=O) groups is 2. The Balaban J connectivity index is 2.19.